The minimum Gasteiger partial charge on any atom is -0.344 e. The fraction of sp³-hybridized carbons (Fsp3) is 0.500. The van der Waals surface area contributed by atoms with Gasteiger partial charge in [0.25, 0.3) is 0 Å². The van der Waals surface area contributed by atoms with E-state index in [2.05, 4.69) is 29.6 Å². The number of hydrogen-bond donors (Lipinski definition) is 0. The first-order valence-corrected chi connectivity index (χ1v) is 6.85. The van der Waals surface area contributed by atoms with Gasteiger partial charge in [-0.1, -0.05) is 0 Å². The van der Waals surface area contributed by atoms with Gasteiger partial charge in [-0.3, -0.25) is 4.57 Å². The standard InChI is InChI=1S/C12H13ClN6/c1-7-16-17-11-8-4-2-3-5-18(8)10-9(19(7)11)6-14-12(13)15-10/h6,8H,2-5H2,1H3/t8-/m1/s1. The molecule has 2 aliphatic heterocycles. The summed E-state index contributed by atoms with van der Waals surface area (Å²) in [5.41, 5.74) is 0.931. The zero-order chi connectivity index (χ0) is 13.0. The molecule has 7 heteroatoms. The first-order valence-electron chi connectivity index (χ1n) is 6.47. The van der Waals surface area contributed by atoms with Crippen LogP contribution in [0, 0.1) is 6.92 Å². The van der Waals surface area contributed by atoms with Crippen molar-refractivity contribution in [1.82, 2.24) is 24.7 Å². The molecule has 0 saturated carbocycles. The van der Waals surface area contributed by atoms with E-state index < -0.39 is 0 Å². The summed E-state index contributed by atoms with van der Waals surface area (Å²) < 4.78 is 2.05. The summed E-state index contributed by atoms with van der Waals surface area (Å²) in [7, 11) is 0. The Hall–Kier alpha value is -1.69. The number of aromatic nitrogens is 5. The molecule has 0 amide bonds. The zero-order valence-electron chi connectivity index (χ0n) is 10.5. The van der Waals surface area contributed by atoms with Gasteiger partial charge in [0.2, 0.25) is 5.28 Å². The molecule has 0 aromatic carbocycles. The summed E-state index contributed by atoms with van der Waals surface area (Å²) in [6.07, 6.45) is 5.22. The van der Waals surface area contributed by atoms with E-state index in [9.17, 15) is 0 Å². The number of anilines is 1. The van der Waals surface area contributed by atoms with Gasteiger partial charge in [-0.2, -0.15) is 4.98 Å². The molecule has 1 saturated heterocycles. The summed E-state index contributed by atoms with van der Waals surface area (Å²) >= 11 is 5.96. The average Bonchev–Trinajstić information content (AvgIpc) is 2.82. The molecular weight excluding hydrogens is 264 g/mol. The lowest BCUT2D eigenvalue weighted by molar-refractivity contribution is 0.437. The second-order valence-corrected chi connectivity index (χ2v) is 5.33. The van der Waals surface area contributed by atoms with Crippen LogP contribution in [-0.2, 0) is 0 Å². The first-order chi connectivity index (χ1) is 9.25. The van der Waals surface area contributed by atoms with Crippen molar-refractivity contribution in [3.8, 4) is 5.69 Å². The van der Waals surface area contributed by atoms with Crippen LogP contribution in [0.15, 0.2) is 6.20 Å². The average molecular weight is 277 g/mol. The molecule has 4 rings (SSSR count). The molecule has 0 unspecified atom stereocenters. The Kier molecular flexibility index (Phi) is 2.29. The molecular formula is C12H13ClN6. The summed E-state index contributed by atoms with van der Waals surface area (Å²) in [5, 5.41) is 8.84. The van der Waals surface area contributed by atoms with Crippen LogP contribution in [0.25, 0.3) is 5.69 Å². The molecule has 0 bridgehead atoms. The third-order valence-corrected chi connectivity index (χ3v) is 4.07. The highest BCUT2D eigenvalue weighted by molar-refractivity contribution is 6.28. The van der Waals surface area contributed by atoms with E-state index in [-0.39, 0.29) is 11.3 Å². The lowest BCUT2D eigenvalue weighted by Crippen LogP contribution is -2.39. The van der Waals surface area contributed by atoms with Crippen molar-refractivity contribution in [2.75, 3.05) is 11.4 Å². The number of fused-ring (bicyclic) bond motifs is 6. The normalized spacial score (nSPS) is 20.7. The van der Waals surface area contributed by atoms with Gasteiger partial charge >= 0.3 is 0 Å². The summed E-state index contributed by atoms with van der Waals surface area (Å²) in [6.45, 7) is 2.93. The van der Waals surface area contributed by atoms with Gasteiger partial charge in [0.05, 0.1) is 12.2 Å². The maximum atomic E-state index is 5.96. The molecule has 1 fully saturated rings. The maximum absolute atomic E-state index is 5.96. The van der Waals surface area contributed by atoms with Crippen LogP contribution >= 0.6 is 11.6 Å². The molecule has 2 aliphatic rings. The third kappa shape index (κ3) is 1.49. The molecule has 2 aromatic rings. The Morgan fingerprint density at radius 2 is 2.21 bits per heavy atom. The van der Waals surface area contributed by atoms with E-state index >= 15 is 0 Å². The van der Waals surface area contributed by atoms with Crippen LogP contribution in [0.1, 0.15) is 37.0 Å². The predicted octanol–water partition coefficient (Wildman–Crippen LogP) is 2.06. The number of rotatable bonds is 0. The Balaban J connectivity index is 2.00. The molecule has 0 aliphatic carbocycles. The zero-order valence-corrected chi connectivity index (χ0v) is 11.3. The Morgan fingerprint density at radius 1 is 1.32 bits per heavy atom. The van der Waals surface area contributed by atoms with Crippen molar-refractivity contribution in [3.05, 3.63) is 23.1 Å². The third-order valence-electron chi connectivity index (χ3n) is 3.88. The monoisotopic (exact) mass is 276 g/mol. The maximum Gasteiger partial charge on any atom is 0.224 e. The van der Waals surface area contributed by atoms with Crippen LogP contribution in [0.4, 0.5) is 5.82 Å². The van der Waals surface area contributed by atoms with E-state index in [4.69, 9.17) is 11.6 Å². The summed E-state index contributed by atoms with van der Waals surface area (Å²) in [4.78, 5) is 10.8. The van der Waals surface area contributed by atoms with Crippen molar-refractivity contribution >= 4 is 17.4 Å². The minimum atomic E-state index is 0.258. The van der Waals surface area contributed by atoms with Crippen molar-refractivity contribution < 1.29 is 0 Å². The van der Waals surface area contributed by atoms with Gasteiger partial charge < -0.3 is 4.90 Å². The highest BCUT2D eigenvalue weighted by Gasteiger charge is 2.36. The van der Waals surface area contributed by atoms with E-state index in [1.165, 1.54) is 12.8 Å². The van der Waals surface area contributed by atoms with Gasteiger partial charge in [0, 0.05) is 6.54 Å². The van der Waals surface area contributed by atoms with Crippen molar-refractivity contribution in [2.45, 2.75) is 32.2 Å². The molecule has 98 valence electrons. The molecule has 0 N–H and O–H groups in total. The lowest BCUT2D eigenvalue weighted by Gasteiger charge is -2.40. The van der Waals surface area contributed by atoms with E-state index in [1.807, 2.05) is 6.92 Å². The number of aryl methyl sites for hydroxylation is 1. The van der Waals surface area contributed by atoms with Crippen LogP contribution in [-0.4, -0.2) is 31.3 Å². The Bertz CT molecular complexity index is 652. The first kappa shape index (κ1) is 11.2. The second kappa shape index (κ2) is 3.90. The largest absolute Gasteiger partial charge is 0.344 e. The van der Waals surface area contributed by atoms with E-state index in [1.54, 1.807) is 6.20 Å². The molecule has 0 radical (unpaired) electrons. The van der Waals surface area contributed by atoms with E-state index in [0.29, 0.717) is 0 Å². The van der Waals surface area contributed by atoms with Crippen molar-refractivity contribution in [2.24, 2.45) is 0 Å². The van der Waals surface area contributed by atoms with Gasteiger partial charge in [-0.05, 0) is 37.8 Å². The fourth-order valence-corrected chi connectivity index (χ4v) is 3.19. The summed E-state index contributed by atoms with van der Waals surface area (Å²) in [6, 6.07) is 0.258. The Labute approximate surface area is 115 Å². The second-order valence-electron chi connectivity index (χ2n) is 4.99. The molecule has 1 atom stereocenters. The smallest absolute Gasteiger partial charge is 0.224 e. The number of hydrogen-bond acceptors (Lipinski definition) is 5. The van der Waals surface area contributed by atoms with Gasteiger partial charge in [0.15, 0.2) is 11.6 Å². The van der Waals surface area contributed by atoms with Crippen LogP contribution in [0.2, 0.25) is 5.28 Å². The number of halogens is 1. The van der Waals surface area contributed by atoms with E-state index in [0.717, 1.165) is 36.1 Å². The summed E-state index contributed by atoms with van der Waals surface area (Å²) in [5.74, 6) is 2.77. The Morgan fingerprint density at radius 3 is 3.11 bits per heavy atom. The van der Waals surface area contributed by atoms with Gasteiger partial charge in [0.1, 0.15) is 11.5 Å². The van der Waals surface area contributed by atoms with Crippen molar-refractivity contribution in [1.29, 1.82) is 0 Å². The molecule has 0 spiro atoms. The van der Waals surface area contributed by atoms with Crippen LogP contribution < -0.4 is 4.90 Å². The minimum absolute atomic E-state index is 0.258. The highest BCUT2D eigenvalue weighted by Crippen LogP contribution is 2.41. The van der Waals surface area contributed by atoms with Gasteiger partial charge in [-0.25, -0.2) is 4.98 Å². The lowest BCUT2D eigenvalue weighted by atomic mass is 9.99. The van der Waals surface area contributed by atoms with Crippen LogP contribution in [0.3, 0.4) is 0 Å². The quantitative estimate of drug-likeness (QED) is 0.690. The molecule has 6 nitrogen and oxygen atoms in total. The molecule has 19 heavy (non-hydrogen) atoms. The number of nitrogens with zero attached hydrogens (tertiary/aromatic N) is 6. The molecule has 2 aromatic heterocycles. The molecule has 4 heterocycles. The fourth-order valence-electron chi connectivity index (χ4n) is 3.06. The predicted molar refractivity (Wildman–Crippen MR) is 70.6 cm³/mol. The SMILES string of the molecule is Cc1nnc2n1-c1cnc(Cl)nc1N1CCCC[C@H]21. The highest BCUT2D eigenvalue weighted by atomic mass is 35.5. The van der Waals surface area contributed by atoms with Crippen LogP contribution in [0.5, 0.6) is 0 Å². The van der Waals surface area contributed by atoms with Crippen molar-refractivity contribution in [3.63, 3.8) is 0 Å². The van der Waals surface area contributed by atoms with Gasteiger partial charge in [-0.15, -0.1) is 10.2 Å². The number of piperidine rings is 1. The topological polar surface area (TPSA) is 59.7 Å².